The first-order valence-corrected chi connectivity index (χ1v) is 11.7. The molecule has 4 aromatic rings. The number of nitrogens with zero attached hydrogens (tertiary/aromatic N) is 3. The molecule has 0 bridgehead atoms. The van der Waals surface area contributed by atoms with Gasteiger partial charge < -0.3 is 15.2 Å². The molecular formula is C24H21F2N5O2S. The molecule has 3 heterocycles. The number of aromatic amines is 1. The van der Waals surface area contributed by atoms with Crippen LogP contribution in [0, 0.1) is 11.6 Å². The second-order valence-electron chi connectivity index (χ2n) is 8.18. The predicted molar refractivity (Wildman–Crippen MR) is 127 cm³/mol. The van der Waals surface area contributed by atoms with Crippen LogP contribution in [-0.4, -0.2) is 33.4 Å². The van der Waals surface area contributed by atoms with Crippen LogP contribution in [-0.2, 0) is 4.79 Å². The van der Waals surface area contributed by atoms with Crippen LogP contribution in [0.15, 0.2) is 53.3 Å². The van der Waals surface area contributed by atoms with E-state index in [-0.39, 0.29) is 28.9 Å². The van der Waals surface area contributed by atoms with Crippen molar-refractivity contribution in [1.82, 2.24) is 20.3 Å². The number of carbonyl (C=O) groups excluding carboxylic acids is 1. The number of nitrogens with one attached hydrogen (secondary N) is 2. The summed E-state index contributed by atoms with van der Waals surface area (Å²) in [5.74, 6) is -1.65. The molecule has 1 aliphatic heterocycles. The summed E-state index contributed by atoms with van der Waals surface area (Å²) in [5.41, 5.74) is 0.597. The lowest BCUT2D eigenvalue weighted by Gasteiger charge is -2.25. The van der Waals surface area contributed by atoms with E-state index in [1.807, 2.05) is 42.2 Å². The molecule has 7 nitrogen and oxygen atoms in total. The number of fused-ring (bicyclic) bond motifs is 1. The second kappa shape index (κ2) is 8.94. The lowest BCUT2D eigenvalue weighted by Crippen LogP contribution is -2.44. The number of hydrogen-bond donors (Lipinski definition) is 2. The number of benzene rings is 2. The van der Waals surface area contributed by atoms with E-state index in [0.717, 1.165) is 24.1 Å². The van der Waals surface area contributed by atoms with Crippen molar-refractivity contribution in [2.24, 2.45) is 0 Å². The van der Waals surface area contributed by atoms with Crippen LogP contribution in [0.3, 0.4) is 0 Å². The van der Waals surface area contributed by atoms with Crippen molar-refractivity contribution in [2.45, 2.75) is 31.8 Å². The Hall–Kier alpha value is -3.66. The van der Waals surface area contributed by atoms with Crippen LogP contribution in [0.4, 0.5) is 13.9 Å². The number of halogens is 2. The molecule has 0 spiro atoms. The van der Waals surface area contributed by atoms with Gasteiger partial charge in [0.2, 0.25) is 5.91 Å². The molecule has 2 N–H and O–H groups in total. The molecule has 34 heavy (non-hydrogen) atoms. The number of amides is 1. The average Bonchev–Trinajstić information content (AvgIpc) is 3.47. The fourth-order valence-corrected chi connectivity index (χ4v) is 5.17. The van der Waals surface area contributed by atoms with Crippen molar-refractivity contribution >= 4 is 32.7 Å². The van der Waals surface area contributed by atoms with Gasteiger partial charge in [-0.05, 0) is 37.5 Å². The summed E-state index contributed by atoms with van der Waals surface area (Å²) in [4.78, 5) is 39.2. The molecule has 1 aliphatic rings. The Kier molecular flexibility index (Phi) is 5.82. The van der Waals surface area contributed by atoms with E-state index in [1.54, 1.807) is 0 Å². The highest BCUT2D eigenvalue weighted by atomic mass is 32.1. The zero-order valence-corrected chi connectivity index (χ0v) is 19.0. The Morgan fingerprint density at radius 2 is 2.00 bits per heavy atom. The summed E-state index contributed by atoms with van der Waals surface area (Å²) in [6.07, 6.45) is 1.47. The Bertz CT molecular complexity index is 1420. The molecule has 1 saturated heterocycles. The molecule has 0 saturated carbocycles. The molecular weight excluding hydrogens is 460 g/mol. The number of hydrogen-bond acceptors (Lipinski definition) is 6. The lowest BCUT2D eigenvalue weighted by molar-refractivity contribution is -0.122. The summed E-state index contributed by atoms with van der Waals surface area (Å²) >= 11 is 1.17. The van der Waals surface area contributed by atoms with Gasteiger partial charge in [-0.25, -0.2) is 18.7 Å². The molecule has 0 radical (unpaired) electrons. The van der Waals surface area contributed by atoms with Gasteiger partial charge in [0.1, 0.15) is 23.5 Å². The highest BCUT2D eigenvalue weighted by Crippen LogP contribution is 2.33. The van der Waals surface area contributed by atoms with E-state index < -0.39 is 23.2 Å². The maximum atomic E-state index is 14.2. The third kappa shape index (κ3) is 4.16. The van der Waals surface area contributed by atoms with Gasteiger partial charge in [0.25, 0.3) is 5.56 Å². The van der Waals surface area contributed by atoms with Crippen molar-refractivity contribution in [3.8, 4) is 11.4 Å². The van der Waals surface area contributed by atoms with Crippen LogP contribution in [0.5, 0.6) is 0 Å². The maximum absolute atomic E-state index is 14.2. The lowest BCUT2D eigenvalue weighted by atomic mass is 10.1. The topological polar surface area (TPSA) is 91.0 Å². The molecule has 1 fully saturated rings. The first kappa shape index (κ1) is 22.1. The van der Waals surface area contributed by atoms with Gasteiger partial charge in [0.05, 0.1) is 11.6 Å². The summed E-state index contributed by atoms with van der Waals surface area (Å²) in [5, 5.41) is 3.57. The number of anilines is 1. The fourth-order valence-electron chi connectivity index (χ4n) is 4.16. The van der Waals surface area contributed by atoms with E-state index in [4.69, 9.17) is 0 Å². The number of thiazole rings is 1. The van der Waals surface area contributed by atoms with Crippen molar-refractivity contribution < 1.29 is 13.6 Å². The summed E-state index contributed by atoms with van der Waals surface area (Å²) in [6, 6.07) is 12.2. The largest absolute Gasteiger partial charge is 0.348 e. The number of carbonyl (C=O) groups is 1. The first-order valence-electron chi connectivity index (χ1n) is 10.9. The minimum absolute atomic E-state index is 0.00222. The third-order valence-electron chi connectivity index (χ3n) is 5.90. The van der Waals surface area contributed by atoms with Crippen LogP contribution >= 0.6 is 11.3 Å². The van der Waals surface area contributed by atoms with Gasteiger partial charge in [0.15, 0.2) is 15.5 Å². The summed E-state index contributed by atoms with van der Waals surface area (Å²) < 4.78 is 27.5. The van der Waals surface area contributed by atoms with E-state index in [9.17, 15) is 18.4 Å². The second-order valence-corrected chi connectivity index (χ2v) is 9.14. The molecule has 10 heteroatoms. The van der Waals surface area contributed by atoms with Crippen LogP contribution in [0.2, 0.25) is 0 Å². The Labute approximate surface area is 197 Å². The minimum Gasteiger partial charge on any atom is -0.348 e. The molecule has 5 rings (SSSR count). The first-order chi connectivity index (χ1) is 16.4. The van der Waals surface area contributed by atoms with Gasteiger partial charge >= 0.3 is 0 Å². The van der Waals surface area contributed by atoms with E-state index >= 15 is 0 Å². The Balaban J connectivity index is 1.42. The minimum atomic E-state index is -0.823. The molecule has 2 aromatic heterocycles. The highest BCUT2D eigenvalue weighted by Gasteiger charge is 2.34. The standard InChI is InChI=1S/C24H21F2N5O2S/c1-13(14-6-3-2-4-7-14)27-21(32)18-8-5-11-31(18)24-28-19-22(33)29-20(30-23(19)34-24)16-10-9-15(25)12-17(16)26/h2-4,6-7,9-10,12-13,18H,5,8,11H2,1H3,(H,27,32)(H,29,30,33)/t13-,18?/m1/s1. The van der Waals surface area contributed by atoms with Gasteiger partial charge in [-0.3, -0.25) is 9.59 Å². The fraction of sp³-hybridized carbons (Fsp3) is 0.250. The third-order valence-corrected chi connectivity index (χ3v) is 6.89. The molecule has 0 aliphatic carbocycles. The zero-order valence-electron chi connectivity index (χ0n) is 18.2. The van der Waals surface area contributed by atoms with Gasteiger partial charge in [-0.2, -0.15) is 0 Å². The van der Waals surface area contributed by atoms with Gasteiger partial charge in [-0.1, -0.05) is 41.7 Å². The molecule has 2 aromatic carbocycles. The zero-order chi connectivity index (χ0) is 23.8. The van der Waals surface area contributed by atoms with Gasteiger partial charge in [0, 0.05) is 12.6 Å². The van der Waals surface area contributed by atoms with Crippen LogP contribution in [0.1, 0.15) is 31.4 Å². The van der Waals surface area contributed by atoms with E-state index in [0.29, 0.717) is 22.9 Å². The summed E-state index contributed by atoms with van der Waals surface area (Å²) in [6.45, 7) is 2.55. The van der Waals surface area contributed by atoms with Crippen molar-refractivity contribution in [1.29, 1.82) is 0 Å². The molecule has 1 unspecified atom stereocenters. The summed E-state index contributed by atoms with van der Waals surface area (Å²) in [7, 11) is 0. The van der Waals surface area contributed by atoms with Crippen molar-refractivity contribution in [3.63, 3.8) is 0 Å². The van der Waals surface area contributed by atoms with Crippen molar-refractivity contribution in [3.05, 3.63) is 76.1 Å². The molecule has 2 atom stereocenters. The normalized spacial score (nSPS) is 16.7. The number of H-pyrrole nitrogens is 1. The van der Waals surface area contributed by atoms with Gasteiger partial charge in [-0.15, -0.1) is 0 Å². The monoisotopic (exact) mass is 481 g/mol. The smallest absolute Gasteiger partial charge is 0.278 e. The SMILES string of the molecule is C[C@@H](NC(=O)C1CCCN1c1nc2c(=O)[nH]c(-c3ccc(F)cc3F)nc2s1)c1ccccc1. The Morgan fingerprint density at radius 1 is 1.21 bits per heavy atom. The quantitative estimate of drug-likeness (QED) is 0.447. The predicted octanol–water partition coefficient (Wildman–Crippen LogP) is 4.17. The average molecular weight is 482 g/mol. The van der Waals surface area contributed by atoms with E-state index in [1.165, 1.54) is 17.4 Å². The van der Waals surface area contributed by atoms with E-state index in [2.05, 4.69) is 20.3 Å². The molecule has 174 valence electrons. The number of aromatic nitrogens is 3. The van der Waals surface area contributed by atoms with Crippen LogP contribution in [0.25, 0.3) is 21.7 Å². The van der Waals surface area contributed by atoms with Crippen molar-refractivity contribution in [2.75, 3.05) is 11.4 Å². The number of rotatable bonds is 5. The van der Waals surface area contributed by atoms with Crippen LogP contribution < -0.4 is 15.8 Å². The maximum Gasteiger partial charge on any atom is 0.278 e. The molecule has 1 amide bonds. The Morgan fingerprint density at radius 3 is 2.76 bits per heavy atom. The highest BCUT2D eigenvalue weighted by molar-refractivity contribution is 7.21.